The van der Waals surface area contributed by atoms with Gasteiger partial charge in [0.05, 0.1) is 0 Å². The number of benzene rings is 2. The molecule has 2 N–H and O–H groups in total. The van der Waals surface area contributed by atoms with Crippen molar-refractivity contribution in [2.24, 2.45) is 5.41 Å². The predicted octanol–water partition coefficient (Wildman–Crippen LogP) is 4.39. The monoisotopic (exact) mass is 354 g/mol. The molecular formula is C21H26N2O3. The molecule has 0 unspecified atom stereocenters. The predicted molar refractivity (Wildman–Crippen MR) is 104 cm³/mol. The first-order valence-electron chi connectivity index (χ1n) is 8.61. The molecule has 138 valence electrons. The molecule has 0 aromatic heterocycles. The third-order valence-electron chi connectivity index (χ3n) is 3.79. The molecule has 0 saturated heterocycles. The lowest BCUT2D eigenvalue weighted by molar-refractivity contribution is -0.123. The molecule has 0 saturated carbocycles. The van der Waals surface area contributed by atoms with Crippen molar-refractivity contribution in [3.05, 3.63) is 54.1 Å². The third-order valence-corrected chi connectivity index (χ3v) is 3.79. The van der Waals surface area contributed by atoms with Gasteiger partial charge in [0, 0.05) is 16.8 Å². The van der Waals surface area contributed by atoms with E-state index in [1.54, 1.807) is 31.2 Å². The first kappa shape index (κ1) is 19.5. The summed E-state index contributed by atoms with van der Waals surface area (Å²) in [7, 11) is 0. The average molecular weight is 354 g/mol. The van der Waals surface area contributed by atoms with Gasteiger partial charge in [-0.3, -0.25) is 9.59 Å². The van der Waals surface area contributed by atoms with E-state index < -0.39 is 11.5 Å². The summed E-state index contributed by atoms with van der Waals surface area (Å²) in [5.74, 6) is 0.352. The molecule has 5 heteroatoms. The third kappa shape index (κ3) is 5.62. The molecule has 2 aromatic carbocycles. The first-order chi connectivity index (χ1) is 12.1. The molecule has 2 amide bonds. The second-order valence-corrected chi connectivity index (χ2v) is 7.34. The van der Waals surface area contributed by atoms with Crippen LogP contribution < -0.4 is 15.4 Å². The highest BCUT2D eigenvalue weighted by atomic mass is 16.5. The Morgan fingerprint density at radius 1 is 0.885 bits per heavy atom. The molecule has 0 aliphatic rings. The summed E-state index contributed by atoms with van der Waals surface area (Å²) in [6.45, 7) is 9.26. The van der Waals surface area contributed by atoms with Gasteiger partial charge in [-0.15, -0.1) is 0 Å². The SMILES string of the molecule is Cc1ccc(O[C@@H](C)C(=O)Nc2ccc(NC(=O)C(C)(C)C)cc2)cc1. The maximum Gasteiger partial charge on any atom is 0.265 e. The van der Waals surface area contributed by atoms with Gasteiger partial charge in [-0.2, -0.15) is 0 Å². The molecule has 26 heavy (non-hydrogen) atoms. The van der Waals surface area contributed by atoms with Gasteiger partial charge in [0.15, 0.2) is 6.10 Å². The van der Waals surface area contributed by atoms with Gasteiger partial charge in [0.2, 0.25) is 5.91 Å². The molecule has 1 atom stereocenters. The van der Waals surface area contributed by atoms with Crippen LogP contribution in [-0.2, 0) is 9.59 Å². The Hall–Kier alpha value is -2.82. The molecule has 0 aliphatic heterocycles. The summed E-state index contributed by atoms with van der Waals surface area (Å²) in [4.78, 5) is 24.3. The average Bonchev–Trinajstić information content (AvgIpc) is 2.57. The van der Waals surface area contributed by atoms with E-state index in [-0.39, 0.29) is 11.8 Å². The first-order valence-corrected chi connectivity index (χ1v) is 8.61. The zero-order valence-electron chi connectivity index (χ0n) is 15.9. The van der Waals surface area contributed by atoms with Crippen LogP contribution in [0, 0.1) is 12.3 Å². The van der Waals surface area contributed by atoms with Crippen LogP contribution >= 0.6 is 0 Å². The zero-order chi connectivity index (χ0) is 19.3. The summed E-state index contributed by atoms with van der Waals surface area (Å²) < 4.78 is 5.65. The second kappa shape index (κ2) is 8.04. The molecule has 2 aromatic rings. The summed E-state index contributed by atoms with van der Waals surface area (Å²) in [5.41, 5.74) is 2.00. The Bertz CT molecular complexity index is 759. The van der Waals surface area contributed by atoms with Crippen LogP contribution in [0.3, 0.4) is 0 Å². The fourth-order valence-corrected chi connectivity index (χ4v) is 2.07. The number of hydrogen-bond donors (Lipinski definition) is 2. The fourth-order valence-electron chi connectivity index (χ4n) is 2.07. The van der Waals surface area contributed by atoms with Crippen molar-refractivity contribution >= 4 is 23.2 Å². The topological polar surface area (TPSA) is 67.4 Å². The van der Waals surface area contributed by atoms with Crippen LogP contribution in [0.2, 0.25) is 0 Å². The van der Waals surface area contributed by atoms with Crippen LogP contribution in [0.15, 0.2) is 48.5 Å². The number of aryl methyl sites for hydroxylation is 1. The van der Waals surface area contributed by atoms with Gasteiger partial charge in [0.1, 0.15) is 5.75 Å². The highest BCUT2D eigenvalue weighted by Gasteiger charge is 2.21. The second-order valence-electron chi connectivity index (χ2n) is 7.34. The number of carbonyl (C=O) groups excluding carboxylic acids is 2. The Balaban J connectivity index is 1.92. The van der Waals surface area contributed by atoms with Crippen LogP contribution in [0.1, 0.15) is 33.3 Å². The normalized spacial score (nSPS) is 12.2. The van der Waals surface area contributed by atoms with Crippen molar-refractivity contribution < 1.29 is 14.3 Å². The van der Waals surface area contributed by atoms with Gasteiger partial charge >= 0.3 is 0 Å². The van der Waals surface area contributed by atoms with Crippen LogP contribution in [0.5, 0.6) is 5.75 Å². The number of rotatable bonds is 5. The van der Waals surface area contributed by atoms with Gasteiger partial charge in [-0.1, -0.05) is 38.5 Å². The zero-order valence-corrected chi connectivity index (χ0v) is 15.9. The number of carbonyl (C=O) groups is 2. The molecular weight excluding hydrogens is 328 g/mol. The smallest absolute Gasteiger partial charge is 0.265 e. The molecule has 0 spiro atoms. The maximum absolute atomic E-state index is 12.3. The van der Waals surface area contributed by atoms with E-state index in [1.807, 2.05) is 52.0 Å². The number of anilines is 2. The van der Waals surface area contributed by atoms with Crippen molar-refractivity contribution in [2.45, 2.75) is 40.7 Å². The summed E-state index contributed by atoms with van der Waals surface area (Å²) in [5, 5.41) is 5.65. The number of amides is 2. The molecule has 0 aliphatic carbocycles. The van der Waals surface area contributed by atoms with Crippen molar-refractivity contribution in [3.8, 4) is 5.75 Å². The van der Waals surface area contributed by atoms with Crippen LogP contribution in [0.25, 0.3) is 0 Å². The lowest BCUT2D eigenvalue weighted by atomic mass is 9.95. The largest absolute Gasteiger partial charge is 0.481 e. The van der Waals surface area contributed by atoms with E-state index in [2.05, 4.69) is 10.6 Å². The Morgan fingerprint density at radius 2 is 1.38 bits per heavy atom. The fraction of sp³-hybridized carbons (Fsp3) is 0.333. The lowest BCUT2D eigenvalue weighted by Crippen LogP contribution is -2.30. The van der Waals surface area contributed by atoms with Crippen LogP contribution in [0.4, 0.5) is 11.4 Å². The lowest BCUT2D eigenvalue weighted by Gasteiger charge is -2.18. The van der Waals surface area contributed by atoms with Crippen molar-refractivity contribution in [1.82, 2.24) is 0 Å². The number of nitrogens with one attached hydrogen (secondary N) is 2. The Kier molecular flexibility index (Phi) is 6.03. The Morgan fingerprint density at radius 3 is 1.88 bits per heavy atom. The highest BCUT2D eigenvalue weighted by molar-refractivity contribution is 5.96. The minimum Gasteiger partial charge on any atom is -0.481 e. The van der Waals surface area contributed by atoms with E-state index in [0.29, 0.717) is 17.1 Å². The van der Waals surface area contributed by atoms with E-state index in [9.17, 15) is 9.59 Å². The van der Waals surface area contributed by atoms with Gasteiger partial charge < -0.3 is 15.4 Å². The van der Waals surface area contributed by atoms with E-state index >= 15 is 0 Å². The number of hydrogen-bond acceptors (Lipinski definition) is 3. The molecule has 2 rings (SSSR count). The molecule has 5 nitrogen and oxygen atoms in total. The molecule has 0 heterocycles. The quantitative estimate of drug-likeness (QED) is 0.837. The number of ether oxygens (including phenoxy) is 1. The maximum atomic E-state index is 12.3. The van der Waals surface area contributed by atoms with Crippen molar-refractivity contribution in [2.75, 3.05) is 10.6 Å². The van der Waals surface area contributed by atoms with Gasteiger partial charge in [-0.25, -0.2) is 0 Å². The summed E-state index contributed by atoms with van der Waals surface area (Å²) >= 11 is 0. The minimum atomic E-state index is -0.627. The van der Waals surface area contributed by atoms with Gasteiger partial charge in [0.25, 0.3) is 5.91 Å². The van der Waals surface area contributed by atoms with E-state index in [4.69, 9.17) is 4.74 Å². The highest BCUT2D eigenvalue weighted by Crippen LogP contribution is 2.19. The summed E-state index contributed by atoms with van der Waals surface area (Å²) in [6.07, 6.45) is -0.627. The molecule has 0 fully saturated rings. The Labute approximate surface area is 154 Å². The standard InChI is InChI=1S/C21H26N2O3/c1-14-6-12-18(13-7-14)26-15(2)19(24)22-16-8-10-17(11-9-16)23-20(25)21(3,4)5/h6-13,15H,1-5H3,(H,22,24)(H,23,25)/t15-/m0/s1. The van der Waals surface area contributed by atoms with E-state index in [0.717, 1.165) is 5.56 Å². The van der Waals surface area contributed by atoms with Crippen molar-refractivity contribution in [1.29, 1.82) is 0 Å². The van der Waals surface area contributed by atoms with E-state index in [1.165, 1.54) is 0 Å². The van der Waals surface area contributed by atoms with Crippen molar-refractivity contribution in [3.63, 3.8) is 0 Å². The van der Waals surface area contributed by atoms with Gasteiger partial charge in [-0.05, 0) is 50.2 Å². The minimum absolute atomic E-state index is 0.0607. The summed E-state index contributed by atoms with van der Waals surface area (Å²) in [6, 6.07) is 14.5. The molecule has 0 radical (unpaired) electrons. The van der Waals surface area contributed by atoms with Crippen LogP contribution in [-0.4, -0.2) is 17.9 Å². The molecule has 0 bridgehead atoms.